The van der Waals surface area contributed by atoms with Crippen LogP contribution in [0.4, 0.5) is 0 Å². The number of nitrogens with zero attached hydrogens (tertiary/aromatic N) is 1. The molecule has 0 saturated carbocycles. The van der Waals surface area contributed by atoms with E-state index >= 15 is 0 Å². The normalized spacial score (nSPS) is 20.5. The molecule has 3 nitrogen and oxygen atoms in total. The molecule has 7 heteroatoms. The van der Waals surface area contributed by atoms with Crippen molar-refractivity contribution in [3.8, 4) is 0 Å². The van der Waals surface area contributed by atoms with Gasteiger partial charge < -0.3 is 0 Å². The summed E-state index contributed by atoms with van der Waals surface area (Å²) in [6.45, 7) is 0. The highest BCUT2D eigenvalue weighted by Gasteiger charge is 2.77. The van der Waals surface area contributed by atoms with Crippen molar-refractivity contribution in [2.24, 2.45) is 4.99 Å². The zero-order valence-corrected chi connectivity index (χ0v) is 23.2. The van der Waals surface area contributed by atoms with Crippen LogP contribution < -0.4 is 0 Å². The minimum Gasteiger partial charge on any atom is -0.233 e. The number of rotatable bonds is 5. The SMILES string of the molecule is CSC1=NC(c2ccccc2)=C(S(=O)(=O)c2ccccc2)C2(S1)SC2(c1ccccc1)c1ccccc1. The summed E-state index contributed by atoms with van der Waals surface area (Å²) in [6.07, 6.45) is 2.00. The molecule has 0 radical (unpaired) electrons. The lowest BCUT2D eigenvalue weighted by Crippen LogP contribution is -2.32. The molecular weight excluding hydrogens is 535 g/mol. The molecule has 184 valence electrons. The van der Waals surface area contributed by atoms with Crippen LogP contribution in [0.5, 0.6) is 0 Å². The molecule has 2 aliphatic rings. The molecule has 0 amide bonds. The first-order valence-electron chi connectivity index (χ1n) is 11.8. The van der Waals surface area contributed by atoms with Crippen molar-refractivity contribution in [3.63, 3.8) is 0 Å². The Hall–Kier alpha value is -2.71. The van der Waals surface area contributed by atoms with Gasteiger partial charge in [0.1, 0.15) is 13.4 Å². The molecule has 1 fully saturated rings. The predicted octanol–water partition coefficient (Wildman–Crippen LogP) is 7.68. The summed E-state index contributed by atoms with van der Waals surface area (Å²) >= 11 is 4.81. The molecule has 2 aliphatic heterocycles. The Kier molecular flexibility index (Phi) is 6.35. The van der Waals surface area contributed by atoms with Crippen LogP contribution in [-0.4, -0.2) is 23.1 Å². The molecule has 6 rings (SSSR count). The number of benzene rings is 4. The van der Waals surface area contributed by atoms with Crippen LogP contribution in [0.15, 0.2) is 136 Å². The molecular formula is C30H23NO2S4. The third-order valence-electron chi connectivity index (χ3n) is 6.57. The minimum absolute atomic E-state index is 0.281. The zero-order chi connectivity index (χ0) is 25.5. The number of hydrogen-bond acceptors (Lipinski definition) is 6. The highest BCUT2D eigenvalue weighted by Crippen LogP contribution is 2.83. The van der Waals surface area contributed by atoms with Gasteiger partial charge in [-0.15, -0.1) is 23.5 Å². The van der Waals surface area contributed by atoms with Crippen molar-refractivity contribution >= 4 is 55.2 Å². The van der Waals surface area contributed by atoms with E-state index in [0.29, 0.717) is 10.6 Å². The van der Waals surface area contributed by atoms with E-state index in [2.05, 4.69) is 24.3 Å². The number of hydrogen-bond donors (Lipinski definition) is 0. The Labute approximate surface area is 230 Å². The fraction of sp³-hybridized carbons (Fsp3) is 0.100. The summed E-state index contributed by atoms with van der Waals surface area (Å²) in [6, 6.07) is 38.9. The Bertz CT molecular complexity index is 1560. The van der Waals surface area contributed by atoms with E-state index in [1.165, 1.54) is 0 Å². The van der Waals surface area contributed by atoms with Crippen LogP contribution in [-0.2, 0) is 14.6 Å². The largest absolute Gasteiger partial charge is 0.233 e. The van der Waals surface area contributed by atoms with Gasteiger partial charge in [0, 0.05) is 5.56 Å². The monoisotopic (exact) mass is 557 g/mol. The summed E-state index contributed by atoms with van der Waals surface area (Å²) in [5.74, 6) is 0. The Morgan fingerprint density at radius 1 is 0.703 bits per heavy atom. The summed E-state index contributed by atoms with van der Waals surface area (Å²) in [4.78, 5) is 5.60. The highest BCUT2D eigenvalue weighted by molar-refractivity contribution is 8.45. The van der Waals surface area contributed by atoms with E-state index in [1.54, 1.807) is 59.6 Å². The minimum atomic E-state index is -3.90. The molecule has 0 N–H and O–H groups in total. The van der Waals surface area contributed by atoms with Gasteiger partial charge >= 0.3 is 0 Å². The first-order valence-corrected chi connectivity index (χ1v) is 16.1. The van der Waals surface area contributed by atoms with Gasteiger partial charge in [-0.25, -0.2) is 13.4 Å². The number of aliphatic imine (C=N–C) groups is 1. The first kappa shape index (κ1) is 24.6. The van der Waals surface area contributed by atoms with Crippen LogP contribution in [0, 0.1) is 0 Å². The van der Waals surface area contributed by atoms with E-state index < -0.39 is 18.7 Å². The van der Waals surface area contributed by atoms with Gasteiger partial charge in [-0.3, -0.25) is 0 Å². The van der Waals surface area contributed by atoms with Gasteiger partial charge in [-0.1, -0.05) is 121 Å². The summed E-state index contributed by atoms with van der Waals surface area (Å²) < 4.78 is 28.6. The molecule has 1 spiro atoms. The smallest absolute Gasteiger partial charge is 0.207 e. The molecule has 1 atom stereocenters. The van der Waals surface area contributed by atoms with Crippen LogP contribution in [0.25, 0.3) is 5.70 Å². The topological polar surface area (TPSA) is 46.5 Å². The average molecular weight is 558 g/mol. The van der Waals surface area contributed by atoms with Crippen molar-refractivity contribution in [2.75, 3.05) is 6.26 Å². The number of sulfone groups is 1. The maximum absolute atomic E-state index is 14.6. The molecule has 4 aromatic carbocycles. The average Bonchev–Trinajstić information content (AvgIpc) is 3.62. The molecule has 2 heterocycles. The Morgan fingerprint density at radius 2 is 1.19 bits per heavy atom. The van der Waals surface area contributed by atoms with Crippen molar-refractivity contribution in [1.29, 1.82) is 0 Å². The van der Waals surface area contributed by atoms with Gasteiger partial charge in [0.2, 0.25) is 9.84 Å². The quantitative estimate of drug-likeness (QED) is 0.236. The van der Waals surface area contributed by atoms with Gasteiger partial charge in [-0.2, -0.15) is 0 Å². The Balaban J connectivity index is 1.71. The molecule has 37 heavy (non-hydrogen) atoms. The lowest BCUT2D eigenvalue weighted by Gasteiger charge is -2.30. The molecule has 0 aliphatic carbocycles. The van der Waals surface area contributed by atoms with Crippen LogP contribution >= 0.6 is 35.3 Å². The number of thioether (sulfide) groups is 3. The zero-order valence-electron chi connectivity index (χ0n) is 19.9. The van der Waals surface area contributed by atoms with Crippen molar-refractivity contribution in [1.82, 2.24) is 0 Å². The predicted molar refractivity (Wildman–Crippen MR) is 160 cm³/mol. The van der Waals surface area contributed by atoms with Crippen molar-refractivity contribution in [3.05, 3.63) is 143 Å². The molecule has 4 aromatic rings. The Morgan fingerprint density at radius 3 is 1.70 bits per heavy atom. The fourth-order valence-electron chi connectivity index (χ4n) is 4.89. The highest BCUT2D eigenvalue weighted by atomic mass is 32.2. The standard InChI is InChI=1S/C30H23NO2S4/c1-34-28-31-26(22-14-6-2-7-15-22)27(37(32,33)25-20-12-5-13-21-25)30(35-28)29(36-30,23-16-8-3-9-17-23)24-18-10-4-11-19-24/h2-21H,1H3. The third-order valence-corrected chi connectivity index (χ3v) is 13.3. The molecule has 1 saturated heterocycles. The van der Waals surface area contributed by atoms with Gasteiger partial charge in [0.05, 0.1) is 15.3 Å². The molecule has 0 aromatic heterocycles. The van der Waals surface area contributed by atoms with Crippen LogP contribution in [0.1, 0.15) is 16.7 Å². The maximum atomic E-state index is 14.6. The fourth-order valence-corrected chi connectivity index (χ4v) is 11.9. The van der Waals surface area contributed by atoms with Crippen LogP contribution in [0.2, 0.25) is 0 Å². The van der Waals surface area contributed by atoms with Gasteiger partial charge in [-0.05, 0) is 29.5 Å². The van der Waals surface area contributed by atoms with E-state index in [9.17, 15) is 8.42 Å². The van der Waals surface area contributed by atoms with E-state index in [0.717, 1.165) is 21.1 Å². The molecule has 0 bridgehead atoms. The van der Waals surface area contributed by atoms with E-state index in [4.69, 9.17) is 4.99 Å². The molecule has 1 unspecified atom stereocenters. The second-order valence-corrected chi connectivity index (χ2v) is 14.5. The summed E-state index contributed by atoms with van der Waals surface area (Å²) in [5.41, 5.74) is 3.47. The summed E-state index contributed by atoms with van der Waals surface area (Å²) in [5, 5.41) is 0. The van der Waals surface area contributed by atoms with Gasteiger partial charge in [0.25, 0.3) is 0 Å². The maximum Gasteiger partial charge on any atom is 0.207 e. The van der Waals surface area contributed by atoms with Crippen molar-refractivity contribution in [2.45, 2.75) is 13.7 Å². The van der Waals surface area contributed by atoms with Crippen molar-refractivity contribution < 1.29 is 8.42 Å². The second-order valence-electron chi connectivity index (χ2n) is 8.68. The van der Waals surface area contributed by atoms with E-state index in [-0.39, 0.29) is 4.90 Å². The lowest BCUT2D eigenvalue weighted by atomic mass is 9.87. The second kappa shape index (κ2) is 9.55. The van der Waals surface area contributed by atoms with E-state index in [1.807, 2.05) is 79.1 Å². The first-order chi connectivity index (χ1) is 18.0. The lowest BCUT2D eigenvalue weighted by molar-refractivity contribution is 0.599. The summed E-state index contributed by atoms with van der Waals surface area (Å²) in [7, 11) is -3.90. The van der Waals surface area contributed by atoms with Gasteiger partial charge in [0.15, 0.2) is 0 Å². The third kappa shape index (κ3) is 3.91. The van der Waals surface area contributed by atoms with Crippen LogP contribution in [0.3, 0.4) is 0 Å².